The fraction of sp³-hybridized carbons (Fsp3) is 0.448. The first-order chi connectivity index (χ1) is 17.6. The molecular formula is C29H33N3O5. The van der Waals surface area contributed by atoms with Crippen molar-refractivity contribution in [2.45, 2.75) is 56.8 Å². The van der Waals surface area contributed by atoms with E-state index in [0.717, 1.165) is 17.5 Å². The predicted octanol–water partition coefficient (Wildman–Crippen LogP) is 4.60. The SMILES string of the molecule is [C-]#[N+]c1ccc(CCCC(=O)O)c(NC(=O)[C@@H]2C[C@]23CC(C)(C)c2ccc(C(=O)NCCOC)cc23)c1. The molecule has 8 nitrogen and oxygen atoms in total. The number of rotatable bonds is 10. The van der Waals surface area contributed by atoms with Crippen molar-refractivity contribution in [3.63, 3.8) is 0 Å². The number of benzene rings is 2. The van der Waals surface area contributed by atoms with Gasteiger partial charge in [-0.3, -0.25) is 14.4 Å². The highest BCUT2D eigenvalue weighted by atomic mass is 16.5. The van der Waals surface area contributed by atoms with Gasteiger partial charge in [-0.2, -0.15) is 0 Å². The number of methoxy groups -OCH3 is 1. The quantitative estimate of drug-likeness (QED) is 0.324. The molecule has 2 aromatic carbocycles. The van der Waals surface area contributed by atoms with Crippen molar-refractivity contribution in [3.8, 4) is 0 Å². The Balaban J connectivity index is 1.55. The van der Waals surface area contributed by atoms with Gasteiger partial charge in [-0.15, -0.1) is 0 Å². The largest absolute Gasteiger partial charge is 0.481 e. The first-order valence-electron chi connectivity index (χ1n) is 12.6. The van der Waals surface area contributed by atoms with E-state index in [1.165, 1.54) is 5.56 Å². The van der Waals surface area contributed by atoms with Gasteiger partial charge >= 0.3 is 5.97 Å². The Labute approximate surface area is 217 Å². The third-order valence-corrected chi connectivity index (χ3v) is 7.61. The predicted molar refractivity (Wildman–Crippen MR) is 140 cm³/mol. The minimum Gasteiger partial charge on any atom is -0.481 e. The Hall–Kier alpha value is -3.70. The van der Waals surface area contributed by atoms with Crippen molar-refractivity contribution < 1.29 is 24.2 Å². The Bertz CT molecular complexity index is 1280. The van der Waals surface area contributed by atoms with Crippen LogP contribution < -0.4 is 10.6 Å². The number of carboxylic acids is 1. The van der Waals surface area contributed by atoms with Crippen LogP contribution in [0.25, 0.3) is 4.85 Å². The van der Waals surface area contributed by atoms with Crippen LogP contribution in [0.1, 0.15) is 66.6 Å². The molecule has 0 unspecified atom stereocenters. The van der Waals surface area contributed by atoms with Gasteiger partial charge in [-0.1, -0.05) is 32.0 Å². The van der Waals surface area contributed by atoms with Gasteiger partial charge in [0.2, 0.25) is 5.91 Å². The van der Waals surface area contributed by atoms with E-state index in [2.05, 4.69) is 29.3 Å². The number of nitrogens with zero attached hydrogens (tertiary/aromatic N) is 1. The molecule has 194 valence electrons. The molecule has 37 heavy (non-hydrogen) atoms. The van der Waals surface area contributed by atoms with Crippen molar-refractivity contribution in [1.29, 1.82) is 0 Å². The molecule has 1 saturated carbocycles. The summed E-state index contributed by atoms with van der Waals surface area (Å²) in [7, 11) is 1.59. The van der Waals surface area contributed by atoms with Crippen LogP contribution in [0, 0.1) is 12.5 Å². The molecular weight excluding hydrogens is 470 g/mol. The molecule has 1 spiro atoms. The summed E-state index contributed by atoms with van der Waals surface area (Å²) in [5, 5.41) is 14.9. The van der Waals surface area contributed by atoms with Crippen LogP contribution in [0.3, 0.4) is 0 Å². The second kappa shape index (κ2) is 10.3. The third kappa shape index (κ3) is 5.37. The molecule has 0 radical (unpaired) electrons. The summed E-state index contributed by atoms with van der Waals surface area (Å²) in [5.41, 5.74) is 4.15. The van der Waals surface area contributed by atoms with Crippen LogP contribution in [0.2, 0.25) is 0 Å². The number of amides is 2. The van der Waals surface area contributed by atoms with Gasteiger partial charge in [0.05, 0.1) is 13.2 Å². The molecule has 0 aromatic heterocycles. The molecule has 2 aliphatic rings. The Morgan fingerprint density at radius 1 is 1.16 bits per heavy atom. The van der Waals surface area contributed by atoms with Gasteiger partial charge in [-0.25, -0.2) is 4.85 Å². The molecule has 2 amide bonds. The van der Waals surface area contributed by atoms with E-state index in [-0.39, 0.29) is 35.0 Å². The summed E-state index contributed by atoms with van der Waals surface area (Å²) in [6, 6.07) is 10.9. The van der Waals surface area contributed by atoms with Crippen LogP contribution >= 0.6 is 0 Å². The topological polar surface area (TPSA) is 109 Å². The fourth-order valence-corrected chi connectivity index (χ4v) is 5.80. The molecule has 1 fully saturated rings. The summed E-state index contributed by atoms with van der Waals surface area (Å²) in [4.78, 5) is 40.6. The maximum atomic E-state index is 13.5. The number of hydrogen-bond acceptors (Lipinski definition) is 4. The lowest BCUT2D eigenvalue weighted by molar-refractivity contribution is -0.137. The van der Waals surface area contributed by atoms with Crippen LogP contribution in [0.15, 0.2) is 36.4 Å². The van der Waals surface area contributed by atoms with Gasteiger partial charge in [0.25, 0.3) is 5.91 Å². The molecule has 2 aromatic rings. The van der Waals surface area contributed by atoms with Crippen molar-refractivity contribution in [2.24, 2.45) is 5.92 Å². The number of aryl methyl sites for hydroxylation is 1. The normalized spacial score (nSPS) is 20.6. The minimum absolute atomic E-state index is 0.0386. The average Bonchev–Trinajstić information content (AvgIpc) is 3.53. The highest BCUT2D eigenvalue weighted by molar-refractivity contribution is 5.98. The molecule has 0 aliphatic heterocycles. The molecule has 2 atom stereocenters. The van der Waals surface area contributed by atoms with E-state index in [9.17, 15) is 14.4 Å². The van der Waals surface area contributed by atoms with Gasteiger partial charge in [0.15, 0.2) is 5.69 Å². The molecule has 8 heteroatoms. The van der Waals surface area contributed by atoms with E-state index in [0.29, 0.717) is 49.4 Å². The second-order valence-corrected chi connectivity index (χ2v) is 10.7. The maximum absolute atomic E-state index is 13.5. The van der Waals surface area contributed by atoms with Crippen LogP contribution in [-0.4, -0.2) is 43.2 Å². The highest BCUT2D eigenvalue weighted by Crippen LogP contribution is 2.66. The third-order valence-electron chi connectivity index (χ3n) is 7.61. The lowest BCUT2D eigenvalue weighted by Gasteiger charge is -2.19. The number of fused-ring (bicyclic) bond motifs is 2. The number of nitrogens with one attached hydrogen (secondary N) is 2. The second-order valence-electron chi connectivity index (χ2n) is 10.7. The molecule has 2 aliphatic carbocycles. The van der Waals surface area contributed by atoms with Gasteiger partial charge in [0, 0.05) is 42.7 Å². The smallest absolute Gasteiger partial charge is 0.303 e. The Kier molecular flexibility index (Phi) is 7.37. The van der Waals surface area contributed by atoms with Gasteiger partial charge in [-0.05, 0) is 66.0 Å². The molecule has 3 N–H and O–H groups in total. The van der Waals surface area contributed by atoms with Crippen LogP contribution in [-0.2, 0) is 31.6 Å². The molecule has 0 bridgehead atoms. The first kappa shape index (κ1) is 26.4. The summed E-state index contributed by atoms with van der Waals surface area (Å²) < 4.78 is 5.02. The van der Waals surface area contributed by atoms with Crippen molar-refractivity contribution in [2.75, 3.05) is 25.6 Å². The van der Waals surface area contributed by atoms with E-state index in [1.54, 1.807) is 25.3 Å². The van der Waals surface area contributed by atoms with E-state index < -0.39 is 5.97 Å². The number of aliphatic carboxylic acids is 1. The van der Waals surface area contributed by atoms with E-state index >= 15 is 0 Å². The number of hydrogen-bond donors (Lipinski definition) is 3. The lowest BCUT2D eigenvalue weighted by Crippen LogP contribution is -2.27. The number of carboxylic acid groups (broad SMARTS) is 1. The number of carbonyl (C=O) groups is 3. The highest BCUT2D eigenvalue weighted by Gasteiger charge is 2.65. The average molecular weight is 504 g/mol. The van der Waals surface area contributed by atoms with Crippen molar-refractivity contribution in [3.05, 3.63) is 70.1 Å². The molecule has 0 saturated heterocycles. The summed E-state index contributed by atoms with van der Waals surface area (Å²) in [5.74, 6) is -1.38. The van der Waals surface area contributed by atoms with Crippen LogP contribution in [0.4, 0.5) is 11.4 Å². The number of anilines is 1. The van der Waals surface area contributed by atoms with Gasteiger partial charge < -0.3 is 20.5 Å². The molecule has 0 heterocycles. The monoisotopic (exact) mass is 503 g/mol. The minimum atomic E-state index is -0.863. The standard InChI is InChI=1S/C29H33N3O5/c1-28(2)17-29(22-14-19(9-11-21(22)28)26(35)31-12-13-37-4)16-23(29)27(36)32-24-15-20(30-3)10-8-18(24)6-5-7-25(33)34/h8-11,14-15,23H,5-7,12-13,16-17H2,1-2,4H3,(H,31,35)(H,32,36)(H,33,34)/t23-,29+/m0/s1. The maximum Gasteiger partial charge on any atom is 0.303 e. The summed E-state index contributed by atoms with van der Waals surface area (Å²) >= 11 is 0. The first-order valence-corrected chi connectivity index (χ1v) is 12.6. The van der Waals surface area contributed by atoms with Crippen molar-refractivity contribution in [1.82, 2.24) is 5.32 Å². The zero-order chi connectivity index (χ0) is 26.8. The zero-order valence-corrected chi connectivity index (χ0v) is 21.5. The number of carbonyl (C=O) groups excluding carboxylic acids is 2. The summed E-state index contributed by atoms with van der Waals surface area (Å²) in [6.07, 6.45) is 2.49. The van der Waals surface area contributed by atoms with Crippen LogP contribution in [0.5, 0.6) is 0 Å². The number of ether oxygens (including phenoxy) is 1. The van der Waals surface area contributed by atoms with Gasteiger partial charge in [0.1, 0.15) is 0 Å². The molecule has 4 rings (SSSR count). The summed E-state index contributed by atoms with van der Waals surface area (Å²) in [6.45, 7) is 12.5. The van der Waals surface area contributed by atoms with Crippen molar-refractivity contribution >= 4 is 29.2 Å². The Morgan fingerprint density at radius 2 is 1.95 bits per heavy atom. The van der Waals surface area contributed by atoms with E-state index in [4.69, 9.17) is 16.4 Å². The van der Waals surface area contributed by atoms with E-state index in [1.807, 2.05) is 18.2 Å². The Morgan fingerprint density at radius 3 is 2.65 bits per heavy atom. The lowest BCUT2D eigenvalue weighted by atomic mass is 9.85. The fourth-order valence-electron chi connectivity index (χ4n) is 5.80. The zero-order valence-electron chi connectivity index (χ0n) is 21.5.